The third-order valence-corrected chi connectivity index (χ3v) is 4.00. The molecule has 5 heteroatoms. The Morgan fingerprint density at radius 2 is 2.10 bits per heavy atom. The van der Waals surface area contributed by atoms with Crippen LogP contribution >= 0.6 is 11.3 Å². The number of aryl methyl sites for hydroxylation is 1. The molecular formula is C16H20FNO2S. The number of aliphatic hydroxyl groups is 1. The minimum Gasteiger partial charge on any atom is -0.389 e. The van der Waals surface area contributed by atoms with Gasteiger partial charge in [0.1, 0.15) is 5.82 Å². The molecule has 1 heterocycles. The third kappa shape index (κ3) is 5.55. The zero-order valence-electron chi connectivity index (χ0n) is 12.0. The van der Waals surface area contributed by atoms with E-state index in [2.05, 4.69) is 24.4 Å². The van der Waals surface area contributed by atoms with Crippen LogP contribution in [0.4, 0.5) is 4.39 Å². The Labute approximate surface area is 128 Å². The summed E-state index contributed by atoms with van der Waals surface area (Å²) in [5.74, 6) is -0.279. The Kier molecular flexibility index (Phi) is 6.32. The molecule has 0 aliphatic heterocycles. The van der Waals surface area contributed by atoms with Crippen molar-refractivity contribution in [3.63, 3.8) is 0 Å². The van der Waals surface area contributed by atoms with Crippen LogP contribution < -0.4 is 5.32 Å². The summed E-state index contributed by atoms with van der Waals surface area (Å²) in [6.45, 7) is 3.62. The van der Waals surface area contributed by atoms with Crippen molar-refractivity contribution in [3.05, 3.63) is 57.5 Å². The molecule has 1 atom stereocenters. The fraction of sp³-hybridized carbons (Fsp3) is 0.375. The van der Waals surface area contributed by atoms with Crippen molar-refractivity contribution in [2.75, 3.05) is 13.2 Å². The van der Waals surface area contributed by atoms with Crippen LogP contribution in [0.15, 0.2) is 36.4 Å². The molecule has 0 aliphatic rings. The lowest BCUT2D eigenvalue weighted by Gasteiger charge is -2.12. The number of benzene rings is 1. The van der Waals surface area contributed by atoms with Gasteiger partial charge < -0.3 is 15.2 Å². The van der Waals surface area contributed by atoms with E-state index in [0.29, 0.717) is 12.1 Å². The van der Waals surface area contributed by atoms with E-state index in [9.17, 15) is 9.50 Å². The van der Waals surface area contributed by atoms with Crippen molar-refractivity contribution in [2.45, 2.75) is 26.2 Å². The fourth-order valence-corrected chi connectivity index (χ4v) is 2.78. The van der Waals surface area contributed by atoms with Crippen LogP contribution in [0.2, 0.25) is 0 Å². The highest BCUT2D eigenvalue weighted by molar-refractivity contribution is 7.11. The number of rotatable bonds is 8. The van der Waals surface area contributed by atoms with Crippen LogP contribution in [-0.4, -0.2) is 24.4 Å². The van der Waals surface area contributed by atoms with Gasteiger partial charge in [-0.1, -0.05) is 18.2 Å². The molecule has 0 amide bonds. The van der Waals surface area contributed by atoms with Crippen LogP contribution in [0, 0.1) is 12.7 Å². The van der Waals surface area contributed by atoms with Gasteiger partial charge in [0.25, 0.3) is 0 Å². The van der Waals surface area contributed by atoms with Crippen LogP contribution in [0.5, 0.6) is 0 Å². The molecule has 2 aromatic rings. The van der Waals surface area contributed by atoms with Gasteiger partial charge in [-0.3, -0.25) is 0 Å². The monoisotopic (exact) mass is 309 g/mol. The van der Waals surface area contributed by atoms with E-state index in [-0.39, 0.29) is 19.0 Å². The lowest BCUT2D eigenvalue weighted by molar-refractivity contribution is 0.0278. The molecule has 1 unspecified atom stereocenters. The lowest BCUT2D eigenvalue weighted by atomic mass is 10.2. The van der Waals surface area contributed by atoms with E-state index < -0.39 is 6.10 Å². The Morgan fingerprint density at radius 1 is 1.29 bits per heavy atom. The second kappa shape index (κ2) is 8.24. The number of nitrogens with one attached hydrogen (secondary N) is 1. The Balaban J connectivity index is 1.61. The molecular weight excluding hydrogens is 289 g/mol. The number of hydrogen-bond donors (Lipinski definition) is 2. The zero-order valence-corrected chi connectivity index (χ0v) is 12.8. The van der Waals surface area contributed by atoms with Crippen LogP contribution in [0.3, 0.4) is 0 Å². The maximum absolute atomic E-state index is 13.4. The van der Waals surface area contributed by atoms with Crippen LogP contribution in [0.25, 0.3) is 0 Å². The van der Waals surface area contributed by atoms with Crippen LogP contribution in [0.1, 0.15) is 15.3 Å². The summed E-state index contributed by atoms with van der Waals surface area (Å²) in [5, 5.41) is 13.0. The molecule has 0 spiro atoms. The molecule has 21 heavy (non-hydrogen) atoms. The second-order valence-electron chi connectivity index (χ2n) is 4.90. The Bertz CT molecular complexity index is 559. The Morgan fingerprint density at radius 3 is 2.81 bits per heavy atom. The van der Waals surface area contributed by atoms with E-state index in [1.165, 1.54) is 15.8 Å². The molecule has 2 N–H and O–H groups in total. The van der Waals surface area contributed by atoms with E-state index >= 15 is 0 Å². The smallest absolute Gasteiger partial charge is 0.128 e. The average Bonchev–Trinajstić information content (AvgIpc) is 2.87. The summed E-state index contributed by atoms with van der Waals surface area (Å²) in [6, 6.07) is 10.6. The first-order valence-corrected chi connectivity index (χ1v) is 7.72. The van der Waals surface area contributed by atoms with Gasteiger partial charge in [0.05, 0.1) is 19.3 Å². The molecule has 0 aliphatic carbocycles. The number of halogens is 1. The second-order valence-corrected chi connectivity index (χ2v) is 6.28. The van der Waals surface area contributed by atoms with Gasteiger partial charge in [-0.2, -0.15) is 0 Å². The average molecular weight is 309 g/mol. The van der Waals surface area contributed by atoms with Crippen molar-refractivity contribution in [2.24, 2.45) is 0 Å². The van der Waals surface area contributed by atoms with E-state index in [1.807, 2.05) is 0 Å². The van der Waals surface area contributed by atoms with Crippen molar-refractivity contribution in [1.82, 2.24) is 5.32 Å². The molecule has 0 radical (unpaired) electrons. The summed E-state index contributed by atoms with van der Waals surface area (Å²) in [6.07, 6.45) is -0.599. The minimum atomic E-state index is -0.599. The van der Waals surface area contributed by atoms with Crippen molar-refractivity contribution < 1.29 is 14.2 Å². The lowest BCUT2D eigenvalue weighted by Crippen LogP contribution is -2.29. The van der Waals surface area contributed by atoms with E-state index in [1.54, 1.807) is 29.5 Å². The molecule has 0 saturated heterocycles. The minimum absolute atomic E-state index is 0.174. The molecule has 3 nitrogen and oxygen atoms in total. The summed E-state index contributed by atoms with van der Waals surface area (Å²) >= 11 is 1.74. The first-order valence-electron chi connectivity index (χ1n) is 6.90. The Hall–Kier alpha value is -1.27. The molecule has 114 valence electrons. The molecule has 0 bridgehead atoms. The first kappa shape index (κ1) is 16.1. The highest BCUT2D eigenvalue weighted by Crippen LogP contribution is 2.14. The molecule has 2 rings (SSSR count). The standard InChI is InChI=1S/C16H20FNO2S/c1-12-6-7-15(21-12)9-18-8-14(19)11-20-10-13-4-2-3-5-16(13)17/h2-7,14,18-19H,8-11H2,1H3. The number of thiophene rings is 1. The molecule has 0 saturated carbocycles. The predicted molar refractivity (Wildman–Crippen MR) is 82.8 cm³/mol. The SMILES string of the molecule is Cc1ccc(CNCC(O)COCc2ccccc2F)s1. The van der Waals surface area contributed by atoms with Crippen molar-refractivity contribution in [3.8, 4) is 0 Å². The zero-order chi connectivity index (χ0) is 15.1. The normalized spacial score (nSPS) is 12.5. The van der Waals surface area contributed by atoms with Crippen molar-refractivity contribution >= 4 is 11.3 Å². The maximum atomic E-state index is 13.4. The largest absolute Gasteiger partial charge is 0.389 e. The van der Waals surface area contributed by atoms with Crippen LogP contribution in [-0.2, 0) is 17.9 Å². The summed E-state index contributed by atoms with van der Waals surface area (Å²) in [7, 11) is 0. The maximum Gasteiger partial charge on any atom is 0.128 e. The summed E-state index contributed by atoms with van der Waals surface area (Å²) in [4.78, 5) is 2.52. The fourth-order valence-electron chi connectivity index (χ4n) is 1.92. The quantitative estimate of drug-likeness (QED) is 0.788. The molecule has 0 fully saturated rings. The van der Waals surface area contributed by atoms with E-state index in [4.69, 9.17) is 4.74 Å². The van der Waals surface area contributed by atoms with Crippen molar-refractivity contribution in [1.29, 1.82) is 0 Å². The summed E-state index contributed by atoms with van der Waals surface area (Å²) in [5.41, 5.74) is 0.506. The van der Waals surface area contributed by atoms with E-state index in [0.717, 1.165) is 6.54 Å². The topological polar surface area (TPSA) is 41.5 Å². The summed E-state index contributed by atoms with van der Waals surface area (Å²) < 4.78 is 18.7. The van der Waals surface area contributed by atoms with Gasteiger partial charge >= 0.3 is 0 Å². The highest BCUT2D eigenvalue weighted by Gasteiger charge is 2.06. The molecule has 1 aromatic heterocycles. The number of hydrogen-bond acceptors (Lipinski definition) is 4. The van der Waals surface area contributed by atoms with Gasteiger partial charge in [-0.15, -0.1) is 11.3 Å². The van der Waals surface area contributed by atoms with Gasteiger partial charge in [0.15, 0.2) is 0 Å². The highest BCUT2D eigenvalue weighted by atomic mass is 32.1. The number of ether oxygens (including phenoxy) is 1. The van der Waals surface area contributed by atoms with Gasteiger partial charge in [0.2, 0.25) is 0 Å². The van der Waals surface area contributed by atoms with Gasteiger partial charge in [-0.05, 0) is 25.1 Å². The van der Waals surface area contributed by atoms with Gasteiger partial charge in [-0.25, -0.2) is 4.39 Å². The third-order valence-electron chi connectivity index (χ3n) is 3.00. The predicted octanol–water partition coefficient (Wildman–Crippen LogP) is 2.86. The van der Waals surface area contributed by atoms with Gasteiger partial charge in [0, 0.05) is 28.4 Å². The molecule has 1 aromatic carbocycles. The first-order chi connectivity index (χ1) is 10.1. The number of aliphatic hydroxyl groups excluding tert-OH is 1.